The molecule has 0 bridgehead atoms. The number of halogens is 1. The van der Waals surface area contributed by atoms with Crippen LogP contribution in [0.2, 0.25) is 0 Å². The van der Waals surface area contributed by atoms with Gasteiger partial charge >= 0.3 is 0 Å². The van der Waals surface area contributed by atoms with Crippen LogP contribution >= 0.6 is 15.9 Å². The Labute approximate surface area is 204 Å². The lowest BCUT2D eigenvalue weighted by atomic mass is 9.97. The smallest absolute Gasteiger partial charge is 0.227 e. The summed E-state index contributed by atoms with van der Waals surface area (Å²) in [7, 11) is -1.27. The number of nitrogens with one attached hydrogen (secondary N) is 1. The number of anilines is 2. The Morgan fingerprint density at radius 3 is 2.30 bits per heavy atom. The molecular weight excluding hydrogens is 504 g/mol. The van der Waals surface area contributed by atoms with E-state index in [-0.39, 0.29) is 17.6 Å². The van der Waals surface area contributed by atoms with Crippen molar-refractivity contribution in [1.82, 2.24) is 9.21 Å². The highest BCUT2D eigenvalue weighted by atomic mass is 79.9. The maximum Gasteiger partial charge on any atom is 0.227 e. The molecule has 7 nitrogen and oxygen atoms in total. The van der Waals surface area contributed by atoms with E-state index in [9.17, 15) is 13.2 Å². The maximum absolute atomic E-state index is 12.8. The van der Waals surface area contributed by atoms with Crippen molar-refractivity contribution < 1.29 is 13.2 Å². The zero-order valence-corrected chi connectivity index (χ0v) is 21.3. The van der Waals surface area contributed by atoms with Gasteiger partial charge in [0.05, 0.1) is 5.75 Å². The van der Waals surface area contributed by atoms with Crippen molar-refractivity contribution in [2.75, 3.05) is 56.5 Å². The fourth-order valence-corrected chi connectivity index (χ4v) is 6.39. The van der Waals surface area contributed by atoms with Crippen molar-refractivity contribution in [3.8, 4) is 0 Å². The molecule has 2 aliphatic heterocycles. The van der Waals surface area contributed by atoms with E-state index in [1.165, 1.54) is 9.99 Å². The van der Waals surface area contributed by atoms with Gasteiger partial charge in [-0.1, -0.05) is 28.1 Å². The molecule has 0 aromatic heterocycles. The van der Waals surface area contributed by atoms with Gasteiger partial charge in [-0.25, -0.2) is 12.7 Å². The van der Waals surface area contributed by atoms with E-state index in [2.05, 4.69) is 50.2 Å². The van der Waals surface area contributed by atoms with Crippen molar-refractivity contribution in [3.63, 3.8) is 0 Å². The number of carbonyl (C=O) groups excluding carboxylic acids is 1. The van der Waals surface area contributed by atoms with Crippen molar-refractivity contribution in [3.05, 3.63) is 58.6 Å². The molecule has 178 valence electrons. The molecule has 4 rings (SSSR count). The molecule has 0 saturated carbocycles. The summed E-state index contributed by atoms with van der Waals surface area (Å²) in [5, 5.41) is 3.01. The fourth-order valence-electron chi connectivity index (χ4n) is 4.39. The predicted octanol–water partition coefficient (Wildman–Crippen LogP) is 3.38. The Hall–Kier alpha value is -1.94. The highest BCUT2D eigenvalue weighted by Gasteiger charge is 2.31. The van der Waals surface area contributed by atoms with Crippen LogP contribution in [0.4, 0.5) is 11.4 Å². The molecule has 1 amide bonds. The number of piperidine rings is 1. The summed E-state index contributed by atoms with van der Waals surface area (Å²) in [6.07, 6.45) is 1.06. The van der Waals surface area contributed by atoms with Crippen molar-refractivity contribution in [2.24, 2.45) is 5.92 Å². The first kappa shape index (κ1) is 24.2. The molecule has 9 heteroatoms. The van der Waals surface area contributed by atoms with Gasteiger partial charge in [-0.15, -0.1) is 0 Å². The molecule has 2 aliphatic rings. The quantitative estimate of drug-likeness (QED) is 0.614. The topological polar surface area (TPSA) is 73.0 Å². The molecule has 2 saturated heterocycles. The lowest BCUT2D eigenvalue weighted by Gasteiger charge is -2.34. The lowest BCUT2D eigenvalue weighted by molar-refractivity contribution is -0.120. The zero-order valence-electron chi connectivity index (χ0n) is 18.9. The van der Waals surface area contributed by atoms with E-state index < -0.39 is 10.0 Å². The van der Waals surface area contributed by atoms with Crippen molar-refractivity contribution in [2.45, 2.75) is 18.6 Å². The maximum atomic E-state index is 12.8. The minimum absolute atomic E-state index is 0.0248. The summed E-state index contributed by atoms with van der Waals surface area (Å²) >= 11 is 3.39. The van der Waals surface area contributed by atoms with Gasteiger partial charge in [0.1, 0.15) is 0 Å². The first-order valence-corrected chi connectivity index (χ1v) is 13.8. The van der Waals surface area contributed by atoms with E-state index in [1.54, 1.807) is 0 Å². The first-order valence-electron chi connectivity index (χ1n) is 11.4. The minimum Gasteiger partial charge on any atom is -0.369 e. The standard InChI is InChI=1S/C24H31BrN4O3S/c1-27-13-15-28(16-14-27)23-7-5-22(6-8-23)26-24(30)20-9-11-29(12-10-20)33(31,32)18-19-3-2-4-21(25)17-19/h2-8,17,20H,9-16,18H2,1H3,(H,26,30). The van der Waals surface area contributed by atoms with Gasteiger partial charge < -0.3 is 15.1 Å². The number of sulfonamides is 1. The number of rotatable bonds is 6. The van der Waals surface area contributed by atoms with Gasteiger partial charge in [-0.3, -0.25) is 4.79 Å². The Morgan fingerprint density at radius 2 is 1.67 bits per heavy atom. The SMILES string of the molecule is CN1CCN(c2ccc(NC(=O)C3CCN(S(=O)(=O)Cc4cccc(Br)c4)CC3)cc2)CC1. The number of hydrogen-bond donors (Lipinski definition) is 1. The molecule has 2 aromatic rings. The van der Waals surface area contributed by atoms with E-state index in [0.29, 0.717) is 25.9 Å². The predicted molar refractivity (Wildman–Crippen MR) is 136 cm³/mol. The minimum atomic E-state index is -3.41. The first-order chi connectivity index (χ1) is 15.8. The normalized spacial score (nSPS) is 18.9. The van der Waals surface area contributed by atoms with Crippen LogP contribution in [0.5, 0.6) is 0 Å². The van der Waals surface area contributed by atoms with Gasteiger partial charge in [-0.2, -0.15) is 0 Å². The summed E-state index contributed by atoms with van der Waals surface area (Å²) in [6.45, 7) is 4.86. The van der Waals surface area contributed by atoms with Gasteiger partial charge in [0.15, 0.2) is 0 Å². The Morgan fingerprint density at radius 1 is 1.00 bits per heavy atom. The molecular formula is C24H31BrN4O3S. The largest absolute Gasteiger partial charge is 0.369 e. The van der Waals surface area contributed by atoms with E-state index in [0.717, 1.165) is 41.9 Å². The number of benzene rings is 2. The molecule has 2 fully saturated rings. The van der Waals surface area contributed by atoms with E-state index in [4.69, 9.17) is 0 Å². The second-order valence-corrected chi connectivity index (χ2v) is 11.8. The van der Waals surface area contributed by atoms with Crippen LogP contribution in [0, 0.1) is 5.92 Å². The monoisotopic (exact) mass is 534 g/mol. The van der Waals surface area contributed by atoms with E-state index in [1.807, 2.05) is 36.4 Å². The van der Waals surface area contributed by atoms with Crippen LogP contribution in [-0.2, 0) is 20.6 Å². The molecule has 2 aromatic carbocycles. The highest BCUT2D eigenvalue weighted by Crippen LogP contribution is 2.25. The van der Waals surface area contributed by atoms with Crippen molar-refractivity contribution in [1.29, 1.82) is 0 Å². The second kappa shape index (κ2) is 10.5. The van der Waals surface area contributed by atoms with Crippen LogP contribution in [0.25, 0.3) is 0 Å². The van der Waals surface area contributed by atoms with Gasteiger partial charge in [-0.05, 0) is 61.9 Å². The Balaban J connectivity index is 1.27. The van der Waals surface area contributed by atoms with Gasteiger partial charge in [0, 0.05) is 61.0 Å². The molecule has 33 heavy (non-hydrogen) atoms. The summed E-state index contributed by atoms with van der Waals surface area (Å²) in [6, 6.07) is 15.4. The number of amides is 1. The van der Waals surface area contributed by atoms with Crippen molar-refractivity contribution >= 4 is 43.2 Å². The van der Waals surface area contributed by atoms with E-state index >= 15 is 0 Å². The van der Waals surface area contributed by atoms with Crippen LogP contribution in [0.3, 0.4) is 0 Å². The van der Waals surface area contributed by atoms with Gasteiger partial charge in [0.25, 0.3) is 0 Å². The third-order valence-corrected chi connectivity index (χ3v) is 8.80. The van der Waals surface area contributed by atoms with Crippen LogP contribution < -0.4 is 10.2 Å². The lowest BCUT2D eigenvalue weighted by Crippen LogP contribution is -2.44. The molecule has 0 spiro atoms. The Bertz CT molecular complexity index is 1060. The molecule has 1 N–H and O–H groups in total. The number of nitrogens with zero attached hydrogens (tertiary/aromatic N) is 3. The molecule has 2 heterocycles. The average Bonchev–Trinajstić information content (AvgIpc) is 2.80. The van der Waals surface area contributed by atoms with Crippen LogP contribution in [-0.4, -0.2) is 69.8 Å². The summed E-state index contributed by atoms with van der Waals surface area (Å²) < 4.78 is 28.0. The number of carbonyl (C=O) groups is 1. The zero-order chi connectivity index (χ0) is 23.4. The number of likely N-dealkylation sites (N-methyl/N-ethyl adjacent to an activating group) is 1. The number of hydrogen-bond acceptors (Lipinski definition) is 5. The second-order valence-electron chi connectivity index (χ2n) is 8.89. The molecule has 0 aliphatic carbocycles. The Kier molecular flexibility index (Phi) is 7.73. The van der Waals surface area contributed by atoms with Gasteiger partial charge in [0.2, 0.25) is 15.9 Å². The highest BCUT2D eigenvalue weighted by molar-refractivity contribution is 9.10. The molecule has 0 unspecified atom stereocenters. The average molecular weight is 536 g/mol. The third-order valence-electron chi connectivity index (χ3n) is 6.46. The van der Waals surface area contributed by atoms with Crippen LogP contribution in [0.15, 0.2) is 53.0 Å². The fraction of sp³-hybridized carbons (Fsp3) is 0.458. The molecule has 0 atom stereocenters. The summed E-state index contributed by atoms with van der Waals surface area (Å²) in [5.41, 5.74) is 2.71. The number of piperazine rings is 1. The summed E-state index contributed by atoms with van der Waals surface area (Å²) in [4.78, 5) is 17.5. The third kappa shape index (κ3) is 6.35. The molecule has 0 radical (unpaired) electrons. The van der Waals surface area contributed by atoms with Crippen LogP contribution in [0.1, 0.15) is 18.4 Å². The summed E-state index contributed by atoms with van der Waals surface area (Å²) in [5.74, 6) is -0.241.